The van der Waals surface area contributed by atoms with Gasteiger partial charge in [0.2, 0.25) is 0 Å². The Hall–Kier alpha value is -4.13. The van der Waals surface area contributed by atoms with E-state index >= 15 is 0 Å². The van der Waals surface area contributed by atoms with Gasteiger partial charge in [-0.05, 0) is 54.4 Å². The second-order valence-electron chi connectivity index (χ2n) is 7.33. The monoisotopic (exact) mass is 429 g/mol. The molecule has 2 aromatic carbocycles. The quantitative estimate of drug-likeness (QED) is 0.576. The fourth-order valence-electron chi connectivity index (χ4n) is 3.62. The maximum atomic E-state index is 13.4. The number of hydrogen-bond acceptors (Lipinski definition) is 6. The third kappa shape index (κ3) is 4.05. The molecule has 0 atom stereocenters. The molecule has 0 radical (unpaired) electrons. The molecule has 0 saturated heterocycles. The summed E-state index contributed by atoms with van der Waals surface area (Å²) in [6, 6.07) is 18.2. The van der Waals surface area contributed by atoms with Crippen LogP contribution in [-0.2, 0) is 16.1 Å². The van der Waals surface area contributed by atoms with Gasteiger partial charge in [-0.25, -0.2) is 0 Å². The van der Waals surface area contributed by atoms with Gasteiger partial charge < -0.3 is 14.8 Å². The average molecular weight is 429 g/mol. The molecule has 0 bridgehead atoms. The van der Waals surface area contributed by atoms with Crippen LogP contribution in [0.25, 0.3) is 5.57 Å². The van der Waals surface area contributed by atoms with Crippen LogP contribution in [0.2, 0.25) is 0 Å². The molecule has 2 heterocycles. The smallest absolute Gasteiger partial charge is 0.278 e. The molecule has 1 N–H and O–H groups in total. The van der Waals surface area contributed by atoms with Gasteiger partial charge in [0.15, 0.2) is 11.5 Å². The molecule has 2 amide bonds. The van der Waals surface area contributed by atoms with Crippen LogP contribution in [0.5, 0.6) is 11.5 Å². The normalized spacial score (nSPS) is 13.5. The fraction of sp³-hybridized carbons (Fsp3) is 0.160. The van der Waals surface area contributed by atoms with Crippen molar-refractivity contribution < 1.29 is 19.1 Å². The number of ether oxygens (including phenoxy) is 2. The Morgan fingerprint density at radius 3 is 2.41 bits per heavy atom. The van der Waals surface area contributed by atoms with Crippen LogP contribution in [0.4, 0.5) is 5.69 Å². The summed E-state index contributed by atoms with van der Waals surface area (Å²) in [4.78, 5) is 32.3. The maximum Gasteiger partial charge on any atom is 0.278 e. The summed E-state index contributed by atoms with van der Waals surface area (Å²) in [7, 11) is 3.07. The van der Waals surface area contributed by atoms with Gasteiger partial charge in [0.25, 0.3) is 11.8 Å². The van der Waals surface area contributed by atoms with Crippen molar-refractivity contribution in [3.63, 3.8) is 0 Å². The Kier molecular flexibility index (Phi) is 5.89. The van der Waals surface area contributed by atoms with E-state index in [1.165, 1.54) is 12.0 Å². The number of nitrogens with zero attached hydrogens (tertiary/aromatic N) is 2. The maximum absolute atomic E-state index is 13.4. The van der Waals surface area contributed by atoms with Gasteiger partial charge >= 0.3 is 0 Å². The van der Waals surface area contributed by atoms with Crippen LogP contribution in [-0.4, -0.2) is 35.9 Å². The SMILES string of the molecule is COc1ccc(C2=C(Nc3cccc(C)c3)C(=O)N(Cc3ccccn3)C2=O)cc1OC. The van der Waals surface area contributed by atoms with E-state index in [9.17, 15) is 9.59 Å². The number of anilines is 1. The van der Waals surface area contributed by atoms with E-state index in [4.69, 9.17) is 9.47 Å². The Balaban J connectivity index is 1.79. The van der Waals surface area contributed by atoms with Crippen molar-refractivity contribution in [3.8, 4) is 11.5 Å². The topological polar surface area (TPSA) is 80.8 Å². The molecule has 0 spiro atoms. The number of carbonyl (C=O) groups excluding carboxylic acids is 2. The van der Waals surface area contributed by atoms with Crippen molar-refractivity contribution in [1.29, 1.82) is 0 Å². The van der Waals surface area contributed by atoms with Crippen LogP contribution in [0, 0.1) is 6.92 Å². The van der Waals surface area contributed by atoms with E-state index < -0.39 is 11.8 Å². The molecule has 1 aliphatic heterocycles. The lowest BCUT2D eigenvalue weighted by molar-refractivity contribution is -0.137. The van der Waals surface area contributed by atoms with E-state index in [0.29, 0.717) is 22.8 Å². The van der Waals surface area contributed by atoms with Gasteiger partial charge in [-0.3, -0.25) is 19.5 Å². The van der Waals surface area contributed by atoms with Gasteiger partial charge in [-0.1, -0.05) is 24.3 Å². The molecule has 1 aliphatic rings. The Morgan fingerprint density at radius 1 is 0.906 bits per heavy atom. The molecule has 32 heavy (non-hydrogen) atoms. The first-order chi connectivity index (χ1) is 15.5. The number of benzene rings is 2. The van der Waals surface area contributed by atoms with Gasteiger partial charge in [0.1, 0.15) is 5.70 Å². The summed E-state index contributed by atoms with van der Waals surface area (Å²) < 4.78 is 10.7. The molecule has 0 unspecified atom stereocenters. The van der Waals surface area contributed by atoms with E-state index in [0.717, 1.165) is 11.3 Å². The number of rotatable bonds is 7. The highest BCUT2D eigenvalue weighted by molar-refractivity contribution is 6.36. The van der Waals surface area contributed by atoms with E-state index in [2.05, 4.69) is 10.3 Å². The number of carbonyl (C=O) groups is 2. The zero-order chi connectivity index (χ0) is 22.7. The van der Waals surface area contributed by atoms with Crippen molar-refractivity contribution in [2.24, 2.45) is 0 Å². The summed E-state index contributed by atoms with van der Waals surface area (Å²) in [6.45, 7) is 2.04. The summed E-state index contributed by atoms with van der Waals surface area (Å²) >= 11 is 0. The molecule has 162 valence electrons. The highest BCUT2D eigenvalue weighted by atomic mass is 16.5. The summed E-state index contributed by atoms with van der Waals surface area (Å²) in [5, 5.41) is 3.17. The molecular weight excluding hydrogens is 406 g/mol. The minimum absolute atomic E-state index is 0.0777. The van der Waals surface area contributed by atoms with Crippen molar-refractivity contribution >= 4 is 23.1 Å². The van der Waals surface area contributed by atoms with Crippen LogP contribution < -0.4 is 14.8 Å². The van der Waals surface area contributed by atoms with Gasteiger partial charge in [0.05, 0.1) is 32.0 Å². The Labute approximate surface area is 186 Å². The van der Waals surface area contributed by atoms with Gasteiger partial charge in [-0.15, -0.1) is 0 Å². The van der Waals surface area contributed by atoms with Crippen molar-refractivity contribution in [1.82, 2.24) is 9.88 Å². The molecule has 3 aromatic rings. The number of nitrogens with one attached hydrogen (secondary N) is 1. The fourth-order valence-corrected chi connectivity index (χ4v) is 3.62. The number of imide groups is 1. The summed E-state index contributed by atoms with van der Waals surface area (Å²) in [6.07, 6.45) is 1.63. The second-order valence-corrected chi connectivity index (χ2v) is 7.33. The van der Waals surface area contributed by atoms with E-state index in [1.807, 2.05) is 37.3 Å². The summed E-state index contributed by atoms with van der Waals surface area (Å²) in [5.74, 6) is 0.193. The first-order valence-electron chi connectivity index (χ1n) is 10.1. The molecule has 4 rings (SSSR count). The molecule has 0 aliphatic carbocycles. The third-order valence-corrected chi connectivity index (χ3v) is 5.17. The van der Waals surface area contributed by atoms with E-state index in [-0.39, 0.29) is 17.8 Å². The van der Waals surface area contributed by atoms with Crippen LogP contribution >= 0.6 is 0 Å². The van der Waals surface area contributed by atoms with Crippen molar-refractivity contribution in [2.45, 2.75) is 13.5 Å². The second kappa shape index (κ2) is 8.93. The van der Waals surface area contributed by atoms with Crippen LogP contribution in [0.1, 0.15) is 16.8 Å². The Bertz CT molecular complexity index is 1200. The zero-order valence-corrected chi connectivity index (χ0v) is 18.1. The molecule has 7 heteroatoms. The van der Waals surface area contributed by atoms with Gasteiger partial charge in [-0.2, -0.15) is 0 Å². The highest BCUT2D eigenvalue weighted by Crippen LogP contribution is 2.36. The number of hydrogen-bond donors (Lipinski definition) is 1. The number of methoxy groups -OCH3 is 2. The minimum Gasteiger partial charge on any atom is -0.493 e. The number of amides is 2. The van der Waals surface area contributed by atoms with Crippen molar-refractivity contribution in [3.05, 3.63) is 89.4 Å². The number of aryl methyl sites for hydroxylation is 1. The first-order valence-corrected chi connectivity index (χ1v) is 10.1. The van der Waals surface area contributed by atoms with Crippen LogP contribution in [0.15, 0.2) is 72.6 Å². The lowest BCUT2D eigenvalue weighted by Crippen LogP contribution is -2.32. The molecule has 0 saturated carbocycles. The lowest BCUT2D eigenvalue weighted by Gasteiger charge is -2.15. The molecule has 1 aromatic heterocycles. The number of pyridine rings is 1. The standard InChI is InChI=1S/C25H23N3O4/c1-16-7-6-9-18(13-16)27-23-22(17-10-11-20(31-2)21(14-17)32-3)24(29)28(25(23)30)15-19-8-4-5-12-26-19/h4-14,27H,15H2,1-3H3. The predicted octanol–water partition coefficient (Wildman–Crippen LogP) is 3.80. The predicted molar refractivity (Wildman–Crippen MR) is 121 cm³/mol. The van der Waals surface area contributed by atoms with E-state index in [1.54, 1.807) is 43.6 Å². The first kappa shape index (κ1) is 21.1. The van der Waals surface area contributed by atoms with Crippen LogP contribution in [0.3, 0.4) is 0 Å². The Morgan fingerprint density at radius 2 is 1.72 bits per heavy atom. The molecule has 0 fully saturated rings. The minimum atomic E-state index is -0.410. The summed E-state index contributed by atoms with van der Waals surface area (Å²) in [5.41, 5.74) is 3.42. The van der Waals surface area contributed by atoms with Gasteiger partial charge in [0, 0.05) is 11.9 Å². The molecular formula is C25H23N3O4. The number of aromatic nitrogens is 1. The largest absolute Gasteiger partial charge is 0.493 e. The van der Waals surface area contributed by atoms with Crippen molar-refractivity contribution in [2.75, 3.05) is 19.5 Å². The average Bonchev–Trinajstić information content (AvgIpc) is 3.03. The third-order valence-electron chi connectivity index (χ3n) is 5.17. The molecule has 7 nitrogen and oxygen atoms in total. The lowest BCUT2D eigenvalue weighted by atomic mass is 10.0. The highest BCUT2D eigenvalue weighted by Gasteiger charge is 2.39. The zero-order valence-electron chi connectivity index (χ0n) is 18.1.